The maximum Gasteiger partial charge on any atom is 0.321 e. The standard InChI is InChI=1S/C15H22N2O4/c1-10-6-11(2)8-12(7-10)17-14(18)9-13(15(19)20)16-4-5-21-3/h6-8,13,16H,4-5,9H2,1-3H3,(H,17,18)(H,19,20). The Balaban J connectivity index is 2.58. The molecule has 0 aliphatic rings. The molecule has 6 heteroatoms. The summed E-state index contributed by atoms with van der Waals surface area (Å²) in [5, 5.41) is 14.6. The zero-order valence-corrected chi connectivity index (χ0v) is 12.6. The second-order valence-corrected chi connectivity index (χ2v) is 4.97. The molecule has 6 nitrogen and oxygen atoms in total. The molecule has 0 spiro atoms. The van der Waals surface area contributed by atoms with Gasteiger partial charge in [-0.15, -0.1) is 0 Å². The number of methoxy groups -OCH3 is 1. The van der Waals surface area contributed by atoms with Crippen molar-refractivity contribution in [3.05, 3.63) is 29.3 Å². The van der Waals surface area contributed by atoms with E-state index in [1.54, 1.807) is 0 Å². The van der Waals surface area contributed by atoms with Gasteiger partial charge < -0.3 is 20.5 Å². The fraction of sp³-hybridized carbons (Fsp3) is 0.467. The normalized spacial score (nSPS) is 12.0. The largest absolute Gasteiger partial charge is 0.480 e. The average molecular weight is 294 g/mol. The molecule has 0 radical (unpaired) electrons. The van der Waals surface area contributed by atoms with Crippen LogP contribution < -0.4 is 10.6 Å². The highest BCUT2D eigenvalue weighted by Gasteiger charge is 2.20. The Kier molecular flexibility index (Phi) is 6.84. The Morgan fingerprint density at radius 3 is 2.38 bits per heavy atom. The average Bonchev–Trinajstić information content (AvgIpc) is 2.36. The van der Waals surface area contributed by atoms with Crippen LogP contribution in [0.3, 0.4) is 0 Å². The first-order chi connectivity index (χ1) is 9.92. The second-order valence-electron chi connectivity index (χ2n) is 4.97. The van der Waals surface area contributed by atoms with Crippen molar-refractivity contribution in [3.8, 4) is 0 Å². The lowest BCUT2D eigenvalue weighted by molar-refractivity contribution is -0.141. The number of ether oxygens (including phenoxy) is 1. The van der Waals surface area contributed by atoms with Crippen LogP contribution in [0, 0.1) is 13.8 Å². The molecule has 0 bridgehead atoms. The number of hydrogen-bond donors (Lipinski definition) is 3. The highest BCUT2D eigenvalue weighted by atomic mass is 16.5. The topological polar surface area (TPSA) is 87.7 Å². The number of hydrogen-bond acceptors (Lipinski definition) is 4. The van der Waals surface area contributed by atoms with E-state index in [2.05, 4.69) is 10.6 Å². The predicted octanol–water partition coefficient (Wildman–Crippen LogP) is 1.32. The fourth-order valence-corrected chi connectivity index (χ4v) is 2.03. The van der Waals surface area contributed by atoms with Gasteiger partial charge in [-0.1, -0.05) is 6.07 Å². The molecule has 0 saturated carbocycles. The lowest BCUT2D eigenvalue weighted by atomic mass is 10.1. The maximum absolute atomic E-state index is 11.9. The molecule has 0 aliphatic carbocycles. The van der Waals surface area contributed by atoms with E-state index in [-0.39, 0.29) is 12.3 Å². The number of carbonyl (C=O) groups is 2. The van der Waals surface area contributed by atoms with Crippen molar-refractivity contribution in [1.82, 2.24) is 5.32 Å². The minimum atomic E-state index is -1.05. The first-order valence-corrected chi connectivity index (χ1v) is 6.75. The maximum atomic E-state index is 11.9. The molecular weight excluding hydrogens is 272 g/mol. The summed E-state index contributed by atoms with van der Waals surface area (Å²) in [6, 6.07) is 4.77. The Hall–Kier alpha value is -1.92. The van der Waals surface area contributed by atoms with Gasteiger partial charge in [0.05, 0.1) is 13.0 Å². The molecule has 1 aromatic rings. The summed E-state index contributed by atoms with van der Waals surface area (Å²) in [5.41, 5.74) is 2.76. The summed E-state index contributed by atoms with van der Waals surface area (Å²) in [6.07, 6.45) is -0.133. The highest BCUT2D eigenvalue weighted by Crippen LogP contribution is 2.14. The highest BCUT2D eigenvalue weighted by molar-refractivity contribution is 5.94. The summed E-state index contributed by atoms with van der Waals surface area (Å²) in [6.45, 7) is 4.65. The number of aryl methyl sites for hydroxylation is 2. The number of benzene rings is 1. The number of aliphatic carboxylic acids is 1. The molecule has 1 aromatic carbocycles. The summed E-state index contributed by atoms with van der Waals surface area (Å²) in [4.78, 5) is 23.0. The molecule has 0 aromatic heterocycles. The van der Waals surface area contributed by atoms with Gasteiger partial charge in [-0.3, -0.25) is 9.59 Å². The predicted molar refractivity (Wildman–Crippen MR) is 80.5 cm³/mol. The minimum Gasteiger partial charge on any atom is -0.480 e. The summed E-state index contributed by atoms with van der Waals surface area (Å²) in [5.74, 6) is -1.39. The summed E-state index contributed by atoms with van der Waals surface area (Å²) >= 11 is 0. The zero-order valence-electron chi connectivity index (χ0n) is 12.6. The first-order valence-electron chi connectivity index (χ1n) is 6.75. The van der Waals surface area contributed by atoms with Gasteiger partial charge in [0, 0.05) is 19.3 Å². The Bertz CT molecular complexity index is 482. The van der Waals surface area contributed by atoms with E-state index in [4.69, 9.17) is 9.84 Å². The smallest absolute Gasteiger partial charge is 0.321 e. The van der Waals surface area contributed by atoms with Crippen molar-refractivity contribution in [1.29, 1.82) is 0 Å². The monoisotopic (exact) mass is 294 g/mol. The van der Waals surface area contributed by atoms with E-state index >= 15 is 0 Å². The lowest BCUT2D eigenvalue weighted by Gasteiger charge is -2.14. The van der Waals surface area contributed by atoms with Gasteiger partial charge in [0.25, 0.3) is 0 Å². The van der Waals surface area contributed by atoms with Crippen LogP contribution in [-0.4, -0.2) is 43.3 Å². The van der Waals surface area contributed by atoms with Crippen molar-refractivity contribution in [3.63, 3.8) is 0 Å². The first kappa shape index (κ1) is 17.1. The van der Waals surface area contributed by atoms with Crippen LogP contribution in [0.5, 0.6) is 0 Å². The molecule has 0 saturated heterocycles. The number of carboxylic acids is 1. The lowest BCUT2D eigenvalue weighted by Crippen LogP contribution is -2.41. The number of carboxylic acid groups (broad SMARTS) is 1. The van der Waals surface area contributed by atoms with Gasteiger partial charge in [0.15, 0.2) is 0 Å². The third-order valence-electron chi connectivity index (χ3n) is 2.89. The van der Waals surface area contributed by atoms with Crippen LogP contribution in [0.1, 0.15) is 17.5 Å². The molecule has 0 aliphatic heterocycles. The van der Waals surface area contributed by atoms with Crippen LogP contribution in [0.4, 0.5) is 5.69 Å². The van der Waals surface area contributed by atoms with Crippen LogP contribution in [0.15, 0.2) is 18.2 Å². The van der Waals surface area contributed by atoms with Gasteiger partial charge in [0.1, 0.15) is 6.04 Å². The number of anilines is 1. The molecule has 116 valence electrons. The fourth-order valence-electron chi connectivity index (χ4n) is 2.03. The number of amides is 1. The molecule has 21 heavy (non-hydrogen) atoms. The Morgan fingerprint density at radius 2 is 1.86 bits per heavy atom. The summed E-state index contributed by atoms with van der Waals surface area (Å²) in [7, 11) is 1.53. The van der Waals surface area contributed by atoms with Gasteiger partial charge in [-0.2, -0.15) is 0 Å². The molecule has 0 heterocycles. The SMILES string of the molecule is COCCNC(CC(=O)Nc1cc(C)cc(C)c1)C(=O)O. The van der Waals surface area contributed by atoms with Crippen molar-refractivity contribution in [2.24, 2.45) is 0 Å². The van der Waals surface area contributed by atoms with E-state index in [1.165, 1.54) is 7.11 Å². The third kappa shape index (κ3) is 6.37. The van der Waals surface area contributed by atoms with Crippen molar-refractivity contribution >= 4 is 17.6 Å². The van der Waals surface area contributed by atoms with Gasteiger partial charge in [0.2, 0.25) is 5.91 Å². The van der Waals surface area contributed by atoms with E-state index in [9.17, 15) is 9.59 Å². The van der Waals surface area contributed by atoms with Gasteiger partial charge in [-0.05, 0) is 37.1 Å². The van der Waals surface area contributed by atoms with E-state index in [1.807, 2.05) is 32.0 Å². The van der Waals surface area contributed by atoms with Crippen LogP contribution >= 0.6 is 0 Å². The van der Waals surface area contributed by atoms with Crippen molar-refractivity contribution < 1.29 is 19.4 Å². The Morgan fingerprint density at radius 1 is 1.24 bits per heavy atom. The molecular formula is C15H22N2O4. The number of rotatable bonds is 8. The minimum absolute atomic E-state index is 0.133. The van der Waals surface area contributed by atoms with Crippen LogP contribution in [-0.2, 0) is 14.3 Å². The molecule has 3 N–H and O–H groups in total. The summed E-state index contributed by atoms with van der Waals surface area (Å²) < 4.78 is 4.84. The van der Waals surface area contributed by atoms with Crippen molar-refractivity contribution in [2.75, 3.05) is 25.6 Å². The van der Waals surface area contributed by atoms with E-state index < -0.39 is 12.0 Å². The third-order valence-corrected chi connectivity index (χ3v) is 2.89. The molecule has 1 unspecified atom stereocenters. The number of nitrogens with one attached hydrogen (secondary N) is 2. The van der Waals surface area contributed by atoms with Crippen LogP contribution in [0.25, 0.3) is 0 Å². The van der Waals surface area contributed by atoms with E-state index in [0.717, 1.165) is 11.1 Å². The molecule has 1 rings (SSSR count). The second kappa shape index (κ2) is 8.39. The van der Waals surface area contributed by atoms with E-state index in [0.29, 0.717) is 18.8 Å². The molecule has 1 atom stereocenters. The number of carbonyl (C=O) groups excluding carboxylic acids is 1. The van der Waals surface area contributed by atoms with Gasteiger partial charge in [-0.25, -0.2) is 0 Å². The quantitative estimate of drug-likeness (QED) is 0.629. The van der Waals surface area contributed by atoms with Gasteiger partial charge >= 0.3 is 5.97 Å². The molecule has 1 amide bonds. The van der Waals surface area contributed by atoms with Crippen LogP contribution in [0.2, 0.25) is 0 Å². The van der Waals surface area contributed by atoms with Crippen molar-refractivity contribution in [2.45, 2.75) is 26.3 Å². The Labute approximate surface area is 124 Å². The zero-order chi connectivity index (χ0) is 15.8. The molecule has 0 fully saturated rings.